The topological polar surface area (TPSA) is 63.3 Å². The Balaban J connectivity index is 3.23. The fraction of sp³-hybridized carbons (Fsp3) is 0.222. The van der Waals surface area contributed by atoms with Gasteiger partial charge in [0.25, 0.3) is 0 Å². The van der Waals surface area contributed by atoms with E-state index in [0.29, 0.717) is 5.56 Å². The summed E-state index contributed by atoms with van der Waals surface area (Å²) in [6.07, 6.45) is 0. The van der Waals surface area contributed by atoms with Crippen molar-refractivity contribution >= 4 is 5.78 Å². The van der Waals surface area contributed by atoms with Gasteiger partial charge in [-0.15, -0.1) is 0 Å². The van der Waals surface area contributed by atoms with Gasteiger partial charge in [0.2, 0.25) is 0 Å². The third kappa shape index (κ3) is 1.84. The normalized spacial score (nSPS) is 10.1. The lowest BCUT2D eigenvalue weighted by Crippen LogP contribution is -2.15. The predicted octanol–water partition coefficient (Wildman–Crippen LogP) is 0.981. The van der Waals surface area contributed by atoms with Crippen LogP contribution in [0.15, 0.2) is 12.1 Å². The summed E-state index contributed by atoms with van der Waals surface area (Å²) in [5.41, 5.74) is 5.87. The molecule has 0 aliphatic heterocycles. The molecule has 0 radical (unpaired) electrons. The third-order valence-corrected chi connectivity index (χ3v) is 1.78. The summed E-state index contributed by atoms with van der Waals surface area (Å²) >= 11 is 0. The van der Waals surface area contributed by atoms with Gasteiger partial charge >= 0.3 is 0 Å². The van der Waals surface area contributed by atoms with Crippen LogP contribution in [0.25, 0.3) is 0 Å². The van der Waals surface area contributed by atoms with Gasteiger partial charge in [-0.1, -0.05) is 0 Å². The molecular formula is C9H10FNO2. The quantitative estimate of drug-likeness (QED) is 0.672. The molecule has 0 amide bonds. The molecule has 0 atom stereocenters. The molecule has 0 aliphatic carbocycles. The molecule has 1 aromatic carbocycles. The van der Waals surface area contributed by atoms with Gasteiger partial charge in [-0.25, -0.2) is 4.39 Å². The molecule has 0 aromatic heterocycles. The summed E-state index contributed by atoms with van der Waals surface area (Å²) in [5, 5.41) is 8.96. The number of hydrogen-bond donors (Lipinski definition) is 2. The van der Waals surface area contributed by atoms with Gasteiger partial charge in [-0.3, -0.25) is 4.79 Å². The number of rotatable bonds is 2. The van der Waals surface area contributed by atoms with Crippen LogP contribution in [0, 0.1) is 12.7 Å². The van der Waals surface area contributed by atoms with Crippen LogP contribution in [0.1, 0.15) is 15.9 Å². The molecule has 3 nitrogen and oxygen atoms in total. The minimum atomic E-state index is -0.803. The Morgan fingerprint density at radius 2 is 2.23 bits per heavy atom. The number of benzene rings is 1. The van der Waals surface area contributed by atoms with Crippen LogP contribution in [0.3, 0.4) is 0 Å². The van der Waals surface area contributed by atoms with Crippen LogP contribution in [0.2, 0.25) is 0 Å². The number of aromatic hydroxyl groups is 1. The van der Waals surface area contributed by atoms with Crippen LogP contribution in [0.4, 0.5) is 4.39 Å². The van der Waals surface area contributed by atoms with Crippen molar-refractivity contribution in [1.82, 2.24) is 0 Å². The maximum atomic E-state index is 12.8. The summed E-state index contributed by atoms with van der Waals surface area (Å²) in [6, 6.07) is 2.21. The molecule has 0 saturated heterocycles. The number of phenols is 1. The molecule has 13 heavy (non-hydrogen) atoms. The van der Waals surface area contributed by atoms with Gasteiger partial charge in [-0.05, 0) is 24.6 Å². The van der Waals surface area contributed by atoms with Crippen LogP contribution in [-0.4, -0.2) is 17.4 Å². The van der Waals surface area contributed by atoms with Gasteiger partial charge in [0, 0.05) is 5.56 Å². The Kier molecular flexibility index (Phi) is 2.63. The maximum absolute atomic E-state index is 12.8. The van der Waals surface area contributed by atoms with E-state index in [0.717, 1.165) is 6.07 Å². The van der Waals surface area contributed by atoms with Crippen molar-refractivity contribution in [3.63, 3.8) is 0 Å². The zero-order valence-corrected chi connectivity index (χ0v) is 7.17. The van der Waals surface area contributed by atoms with Crippen molar-refractivity contribution in [2.45, 2.75) is 6.92 Å². The summed E-state index contributed by atoms with van der Waals surface area (Å²) < 4.78 is 12.8. The van der Waals surface area contributed by atoms with E-state index < -0.39 is 11.6 Å². The number of Topliss-reactive ketones (excluding diaryl/α,β-unsaturated/α-hetero) is 1. The number of nitrogens with two attached hydrogens (primary N) is 1. The van der Waals surface area contributed by atoms with Gasteiger partial charge in [-0.2, -0.15) is 0 Å². The van der Waals surface area contributed by atoms with E-state index in [4.69, 9.17) is 10.8 Å². The van der Waals surface area contributed by atoms with Gasteiger partial charge in [0.15, 0.2) is 17.3 Å². The number of halogens is 1. The minimum Gasteiger partial charge on any atom is -0.505 e. The van der Waals surface area contributed by atoms with Gasteiger partial charge in [0.05, 0.1) is 6.54 Å². The first kappa shape index (κ1) is 9.67. The highest BCUT2D eigenvalue weighted by molar-refractivity contribution is 5.98. The number of hydrogen-bond acceptors (Lipinski definition) is 3. The molecule has 1 rings (SSSR count). The second-order valence-electron chi connectivity index (χ2n) is 2.75. The first-order valence-corrected chi connectivity index (χ1v) is 3.78. The standard InChI is InChI=1S/C9H10FNO2/c1-5-2-8(12)7(10)3-6(5)9(13)4-11/h2-3,12H,4,11H2,1H3. The zero-order chi connectivity index (χ0) is 10.0. The molecule has 0 fully saturated rings. The Hall–Kier alpha value is -1.42. The van der Waals surface area contributed by atoms with Crippen LogP contribution >= 0.6 is 0 Å². The van der Waals surface area contributed by atoms with Crippen molar-refractivity contribution in [3.05, 3.63) is 29.1 Å². The SMILES string of the molecule is Cc1cc(O)c(F)cc1C(=O)CN. The second kappa shape index (κ2) is 3.53. The highest BCUT2D eigenvalue weighted by Crippen LogP contribution is 2.20. The number of aryl methyl sites for hydroxylation is 1. The number of carbonyl (C=O) groups is 1. The highest BCUT2D eigenvalue weighted by atomic mass is 19.1. The van der Waals surface area contributed by atoms with E-state index >= 15 is 0 Å². The molecule has 0 spiro atoms. The minimum absolute atomic E-state index is 0.162. The Morgan fingerprint density at radius 1 is 1.62 bits per heavy atom. The van der Waals surface area contributed by atoms with Crippen LogP contribution in [-0.2, 0) is 0 Å². The van der Waals surface area contributed by atoms with Crippen molar-refractivity contribution in [1.29, 1.82) is 0 Å². The molecular weight excluding hydrogens is 173 g/mol. The number of ketones is 1. The lowest BCUT2D eigenvalue weighted by Gasteiger charge is -2.04. The molecule has 0 bridgehead atoms. The van der Waals surface area contributed by atoms with E-state index in [1.54, 1.807) is 6.92 Å². The van der Waals surface area contributed by atoms with E-state index in [-0.39, 0.29) is 17.9 Å². The largest absolute Gasteiger partial charge is 0.505 e. The average molecular weight is 183 g/mol. The van der Waals surface area contributed by atoms with Crippen molar-refractivity contribution < 1.29 is 14.3 Å². The molecule has 70 valence electrons. The second-order valence-corrected chi connectivity index (χ2v) is 2.75. The number of carbonyl (C=O) groups excluding carboxylic acids is 1. The summed E-state index contributed by atoms with van der Waals surface area (Å²) in [5.74, 6) is -1.59. The van der Waals surface area contributed by atoms with Crippen LogP contribution < -0.4 is 5.73 Å². The molecule has 3 N–H and O–H groups in total. The third-order valence-electron chi connectivity index (χ3n) is 1.78. The van der Waals surface area contributed by atoms with Gasteiger partial charge < -0.3 is 10.8 Å². The van der Waals surface area contributed by atoms with Crippen molar-refractivity contribution in [2.24, 2.45) is 5.73 Å². The first-order valence-electron chi connectivity index (χ1n) is 3.78. The molecule has 1 aromatic rings. The molecule has 4 heteroatoms. The lowest BCUT2D eigenvalue weighted by atomic mass is 10.0. The van der Waals surface area contributed by atoms with E-state index in [1.807, 2.05) is 0 Å². The van der Waals surface area contributed by atoms with Gasteiger partial charge in [0.1, 0.15) is 0 Å². The molecule has 0 heterocycles. The maximum Gasteiger partial charge on any atom is 0.176 e. The molecule has 0 saturated carbocycles. The smallest absolute Gasteiger partial charge is 0.176 e. The monoisotopic (exact) mass is 183 g/mol. The Bertz CT molecular complexity index is 350. The lowest BCUT2D eigenvalue weighted by molar-refractivity contribution is 0.100. The zero-order valence-electron chi connectivity index (χ0n) is 7.17. The van der Waals surface area contributed by atoms with Crippen molar-refractivity contribution in [3.8, 4) is 5.75 Å². The molecule has 0 aliphatic rings. The van der Waals surface area contributed by atoms with Crippen LogP contribution in [0.5, 0.6) is 5.75 Å². The number of phenolic OH excluding ortho intramolecular Hbond substituents is 1. The Labute approximate surface area is 75.0 Å². The predicted molar refractivity (Wildman–Crippen MR) is 46.2 cm³/mol. The first-order chi connectivity index (χ1) is 6.06. The fourth-order valence-corrected chi connectivity index (χ4v) is 1.08. The summed E-state index contributed by atoms with van der Waals surface area (Å²) in [6.45, 7) is 1.45. The Morgan fingerprint density at radius 3 is 2.77 bits per heavy atom. The highest BCUT2D eigenvalue weighted by Gasteiger charge is 2.11. The average Bonchev–Trinajstić information content (AvgIpc) is 2.10. The fourth-order valence-electron chi connectivity index (χ4n) is 1.08. The summed E-state index contributed by atoms with van der Waals surface area (Å²) in [7, 11) is 0. The molecule has 0 unspecified atom stereocenters. The van der Waals surface area contributed by atoms with E-state index in [9.17, 15) is 9.18 Å². The summed E-state index contributed by atoms with van der Waals surface area (Å²) in [4.78, 5) is 11.1. The van der Waals surface area contributed by atoms with Crippen molar-refractivity contribution in [2.75, 3.05) is 6.54 Å². The van der Waals surface area contributed by atoms with E-state index in [1.165, 1.54) is 6.07 Å². The van der Waals surface area contributed by atoms with E-state index in [2.05, 4.69) is 0 Å².